The van der Waals surface area contributed by atoms with Crippen molar-refractivity contribution in [2.24, 2.45) is 0 Å². The third-order valence-corrected chi connectivity index (χ3v) is 3.59. The van der Waals surface area contributed by atoms with Crippen molar-refractivity contribution in [3.63, 3.8) is 0 Å². The highest BCUT2D eigenvalue weighted by atomic mass is 32.2. The Bertz CT molecular complexity index is 803. The van der Waals surface area contributed by atoms with Crippen LogP contribution in [0.2, 0.25) is 0 Å². The van der Waals surface area contributed by atoms with E-state index in [1.807, 2.05) is 0 Å². The number of nitrogens with one attached hydrogen (secondary N) is 1. The summed E-state index contributed by atoms with van der Waals surface area (Å²) in [5, 5.41) is 3.69. The predicted molar refractivity (Wildman–Crippen MR) is 67.8 cm³/mol. The molecule has 2 aromatic rings. The Kier molecular flexibility index (Phi) is 3.34. The molecule has 100 valence electrons. The first kappa shape index (κ1) is 13.2. The largest absolute Gasteiger partial charge is 0.345 e. The van der Waals surface area contributed by atoms with E-state index < -0.39 is 21.1 Å². The van der Waals surface area contributed by atoms with Gasteiger partial charge in [0.15, 0.2) is 9.84 Å². The number of benzene rings is 1. The van der Waals surface area contributed by atoms with Gasteiger partial charge in [0.2, 0.25) is 0 Å². The molecule has 0 fully saturated rings. The molecule has 8 heteroatoms. The Morgan fingerprint density at radius 1 is 1.21 bits per heavy atom. The summed E-state index contributed by atoms with van der Waals surface area (Å²) in [5.74, 6) is 0. The van der Waals surface area contributed by atoms with Crippen molar-refractivity contribution >= 4 is 9.84 Å². The van der Waals surface area contributed by atoms with Gasteiger partial charge >= 0.3 is 5.69 Å². The van der Waals surface area contributed by atoms with Crippen LogP contribution in [0.15, 0.2) is 44.9 Å². The van der Waals surface area contributed by atoms with Crippen LogP contribution in [0.25, 0.3) is 0 Å². The SMILES string of the molecule is CS(=O)(=O)c1ccc(Cn2ncc(=O)[nH]c2=O)cc1. The van der Waals surface area contributed by atoms with Crippen molar-refractivity contribution in [2.45, 2.75) is 11.4 Å². The summed E-state index contributed by atoms with van der Waals surface area (Å²) in [7, 11) is -3.24. The van der Waals surface area contributed by atoms with Crippen molar-refractivity contribution < 1.29 is 8.42 Å². The van der Waals surface area contributed by atoms with Gasteiger partial charge in [0.25, 0.3) is 5.56 Å². The second-order valence-electron chi connectivity index (χ2n) is 4.01. The van der Waals surface area contributed by atoms with E-state index in [9.17, 15) is 18.0 Å². The van der Waals surface area contributed by atoms with Crippen LogP contribution < -0.4 is 11.2 Å². The molecule has 19 heavy (non-hydrogen) atoms. The fraction of sp³-hybridized carbons (Fsp3) is 0.182. The van der Waals surface area contributed by atoms with Crippen molar-refractivity contribution in [2.75, 3.05) is 6.26 Å². The Labute approximate surface area is 108 Å². The van der Waals surface area contributed by atoms with Crippen LogP contribution in [0.1, 0.15) is 5.56 Å². The zero-order valence-electron chi connectivity index (χ0n) is 10.0. The van der Waals surface area contributed by atoms with Gasteiger partial charge in [0.1, 0.15) is 6.20 Å². The first-order valence-corrected chi connectivity index (χ1v) is 7.21. The lowest BCUT2D eigenvalue weighted by atomic mass is 10.2. The molecule has 0 radical (unpaired) electrons. The summed E-state index contributed by atoms with van der Waals surface area (Å²) >= 11 is 0. The second-order valence-corrected chi connectivity index (χ2v) is 6.03. The third-order valence-electron chi connectivity index (χ3n) is 2.46. The molecule has 0 spiro atoms. The molecule has 0 unspecified atom stereocenters. The number of rotatable bonds is 3. The second kappa shape index (κ2) is 4.81. The van der Waals surface area contributed by atoms with Gasteiger partial charge in [-0.15, -0.1) is 0 Å². The van der Waals surface area contributed by atoms with Crippen molar-refractivity contribution in [1.82, 2.24) is 14.8 Å². The van der Waals surface area contributed by atoms with Gasteiger partial charge in [-0.1, -0.05) is 12.1 Å². The van der Waals surface area contributed by atoms with E-state index in [2.05, 4.69) is 10.1 Å². The normalized spacial score (nSPS) is 11.4. The minimum atomic E-state index is -3.24. The van der Waals surface area contributed by atoms with Gasteiger partial charge in [-0.05, 0) is 17.7 Å². The van der Waals surface area contributed by atoms with Crippen LogP contribution in [0.4, 0.5) is 0 Å². The number of nitrogens with zero attached hydrogens (tertiary/aromatic N) is 2. The topological polar surface area (TPSA) is 102 Å². The summed E-state index contributed by atoms with van der Waals surface area (Å²) in [4.78, 5) is 24.6. The molecule has 0 aliphatic rings. The zero-order valence-corrected chi connectivity index (χ0v) is 10.8. The molecule has 7 nitrogen and oxygen atoms in total. The third kappa shape index (κ3) is 3.16. The Morgan fingerprint density at radius 3 is 2.37 bits per heavy atom. The molecule has 1 aromatic heterocycles. The summed E-state index contributed by atoms with van der Waals surface area (Å²) in [5.41, 5.74) is -0.470. The van der Waals surface area contributed by atoms with E-state index in [4.69, 9.17) is 0 Å². The lowest BCUT2D eigenvalue weighted by Crippen LogP contribution is -2.31. The van der Waals surface area contributed by atoms with Gasteiger partial charge in [-0.2, -0.15) is 5.10 Å². The highest BCUT2D eigenvalue weighted by Gasteiger charge is 2.06. The zero-order chi connectivity index (χ0) is 14.0. The van der Waals surface area contributed by atoms with Crippen LogP contribution in [0.3, 0.4) is 0 Å². The van der Waals surface area contributed by atoms with E-state index in [-0.39, 0.29) is 11.4 Å². The number of sulfone groups is 1. The Balaban J connectivity index is 2.30. The van der Waals surface area contributed by atoms with Gasteiger partial charge in [-0.3, -0.25) is 9.78 Å². The first-order chi connectivity index (χ1) is 8.86. The number of H-pyrrole nitrogens is 1. The maximum atomic E-state index is 11.4. The average Bonchev–Trinajstić information content (AvgIpc) is 2.32. The number of hydrogen-bond acceptors (Lipinski definition) is 5. The molecule has 1 heterocycles. The summed E-state index contributed by atoms with van der Waals surface area (Å²) in [6.45, 7) is 0.152. The smallest absolute Gasteiger partial charge is 0.271 e. The quantitative estimate of drug-likeness (QED) is 0.808. The maximum Gasteiger partial charge on any atom is 0.345 e. The molecular weight excluding hydrogens is 270 g/mol. The molecule has 0 saturated carbocycles. The minimum absolute atomic E-state index is 0.152. The molecule has 0 bridgehead atoms. The standard InChI is InChI=1S/C11H11N3O4S/c1-19(17,18)9-4-2-8(3-5-9)7-14-11(16)13-10(15)6-12-14/h2-6H,7H2,1H3,(H,13,15,16). The summed E-state index contributed by atoms with van der Waals surface area (Å²) < 4.78 is 23.7. The molecule has 0 aliphatic carbocycles. The minimum Gasteiger partial charge on any atom is -0.271 e. The molecule has 0 saturated heterocycles. The van der Waals surface area contributed by atoms with E-state index in [1.165, 1.54) is 12.1 Å². The van der Waals surface area contributed by atoms with E-state index in [0.29, 0.717) is 5.56 Å². The van der Waals surface area contributed by atoms with Gasteiger partial charge < -0.3 is 0 Å². The monoisotopic (exact) mass is 281 g/mol. The highest BCUT2D eigenvalue weighted by molar-refractivity contribution is 7.90. The fourth-order valence-corrected chi connectivity index (χ4v) is 2.13. The Hall–Kier alpha value is -2.22. The van der Waals surface area contributed by atoms with E-state index in [0.717, 1.165) is 17.1 Å². The average molecular weight is 281 g/mol. The lowest BCUT2D eigenvalue weighted by Gasteiger charge is -2.04. The van der Waals surface area contributed by atoms with Crippen LogP contribution in [-0.2, 0) is 16.4 Å². The van der Waals surface area contributed by atoms with Crippen LogP contribution >= 0.6 is 0 Å². The molecule has 1 aromatic carbocycles. The van der Waals surface area contributed by atoms with Crippen LogP contribution in [0.5, 0.6) is 0 Å². The molecule has 0 atom stereocenters. The number of aromatic nitrogens is 3. The predicted octanol–water partition coefficient (Wildman–Crippen LogP) is -0.617. The fourth-order valence-electron chi connectivity index (χ4n) is 1.50. The van der Waals surface area contributed by atoms with E-state index in [1.54, 1.807) is 12.1 Å². The molecule has 2 rings (SSSR count). The number of hydrogen-bond donors (Lipinski definition) is 1. The number of aromatic amines is 1. The van der Waals surface area contributed by atoms with Gasteiger partial charge in [-0.25, -0.2) is 17.9 Å². The van der Waals surface area contributed by atoms with Crippen molar-refractivity contribution in [3.05, 3.63) is 56.9 Å². The van der Waals surface area contributed by atoms with E-state index >= 15 is 0 Å². The van der Waals surface area contributed by atoms with Gasteiger partial charge in [0.05, 0.1) is 11.4 Å². The molecule has 0 amide bonds. The molecule has 0 aliphatic heterocycles. The Morgan fingerprint density at radius 2 is 1.84 bits per heavy atom. The van der Waals surface area contributed by atoms with Crippen LogP contribution in [0, 0.1) is 0 Å². The summed E-state index contributed by atoms with van der Waals surface area (Å²) in [6, 6.07) is 6.11. The molecular formula is C11H11N3O4S. The van der Waals surface area contributed by atoms with Gasteiger partial charge in [0, 0.05) is 6.26 Å². The highest BCUT2D eigenvalue weighted by Crippen LogP contribution is 2.10. The maximum absolute atomic E-state index is 11.4. The lowest BCUT2D eigenvalue weighted by molar-refractivity contribution is 0.600. The van der Waals surface area contributed by atoms with Crippen molar-refractivity contribution in [3.8, 4) is 0 Å². The first-order valence-electron chi connectivity index (χ1n) is 5.32. The van der Waals surface area contributed by atoms with Crippen molar-refractivity contribution in [1.29, 1.82) is 0 Å². The van der Waals surface area contributed by atoms with Crippen LogP contribution in [-0.4, -0.2) is 29.4 Å². The summed E-state index contributed by atoms with van der Waals surface area (Å²) in [6.07, 6.45) is 2.13. The molecule has 1 N–H and O–H groups in total.